The van der Waals surface area contributed by atoms with Gasteiger partial charge in [-0.15, -0.1) is 0 Å². The molecule has 18 heavy (non-hydrogen) atoms. The fourth-order valence-corrected chi connectivity index (χ4v) is 1.94. The Morgan fingerprint density at radius 2 is 2.33 bits per heavy atom. The van der Waals surface area contributed by atoms with E-state index in [0.29, 0.717) is 31.2 Å². The lowest BCUT2D eigenvalue weighted by molar-refractivity contribution is 0.150. The van der Waals surface area contributed by atoms with Gasteiger partial charge in [0.1, 0.15) is 5.82 Å². The lowest BCUT2D eigenvalue weighted by Crippen LogP contribution is -2.33. The minimum atomic E-state index is -0.896. The van der Waals surface area contributed by atoms with E-state index in [-0.39, 0.29) is 0 Å². The van der Waals surface area contributed by atoms with Crippen molar-refractivity contribution in [3.63, 3.8) is 0 Å². The van der Waals surface area contributed by atoms with Gasteiger partial charge in [-0.25, -0.2) is 4.79 Å². The zero-order valence-electron chi connectivity index (χ0n) is 10.1. The first-order valence-corrected chi connectivity index (χ1v) is 5.59. The zero-order valence-corrected chi connectivity index (χ0v) is 10.1. The van der Waals surface area contributed by atoms with E-state index in [1.54, 1.807) is 6.07 Å². The van der Waals surface area contributed by atoms with Crippen molar-refractivity contribution in [2.45, 2.75) is 6.42 Å². The van der Waals surface area contributed by atoms with E-state index in [0.717, 1.165) is 11.1 Å². The van der Waals surface area contributed by atoms with Crippen LogP contribution in [0.4, 0.5) is 10.6 Å². The molecular formula is C12H15N3O3. The minimum absolute atomic E-state index is 0.387. The highest BCUT2D eigenvalue weighted by Crippen LogP contribution is 2.29. The number of anilines is 1. The van der Waals surface area contributed by atoms with Gasteiger partial charge in [0.25, 0.3) is 0 Å². The molecule has 0 saturated heterocycles. The minimum Gasteiger partial charge on any atom is -0.481 e. The number of ether oxygens (including phenoxy) is 1. The van der Waals surface area contributed by atoms with Gasteiger partial charge in [0.2, 0.25) is 5.88 Å². The van der Waals surface area contributed by atoms with Crippen LogP contribution < -0.4 is 10.5 Å². The van der Waals surface area contributed by atoms with E-state index in [4.69, 9.17) is 15.6 Å². The topological polar surface area (TPSA) is 88.7 Å². The third kappa shape index (κ3) is 2.37. The number of nitrogens with zero attached hydrogens (tertiary/aromatic N) is 2. The number of hydrogen-bond acceptors (Lipinski definition) is 4. The van der Waals surface area contributed by atoms with E-state index >= 15 is 0 Å². The van der Waals surface area contributed by atoms with Crippen molar-refractivity contribution in [3.05, 3.63) is 23.8 Å². The summed E-state index contributed by atoms with van der Waals surface area (Å²) in [6, 6.07) is 3.56. The Bertz CT molecular complexity index is 499. The number of aromatic nitrogens is 1. The molecule has 96 valence electrons. The highest BCUT2D eigenvalue weighted by Gasteiger charge is 2.19. The molecule has 0 saturated carbocycles. The van der Waals surface area contributed by atoms with Gasteiger partial charge in [-0.1, -0.05) is 6.08 Å². The maximum atomic E-state index is 10.8. The first-order chi connectivity index (χ1) is 8.61. The summed E-state index contributed by atoms with van der Waals surface area (Å²) in [6.45, 7) is 0.868. The number of methoxy groups -OCH3 is 1. The van der Waals surface area contributed by atoms with Gasteiger partial charge in [-0.2, -0.15) is 4.98 Å². The number of pyridine rings is 1. The predicted molar refractivity (Wildman–Crippen MR) is 67.4 cm³/mol. The number of nitrogens with two attached hydrogens (primary N) is 1. The molecule has 6 heteroatoms. The monoisotopic (exact) mass is 249 g/mol. The van der Waals surface area contributed by atoms with Gasteiger partial charge in [0.05, 0.1) is 7.11 Å². The van der Waals surface area contributed by atoms with Gasteiger partial charge in [0, 0.05) is 18.7 Å². The van der Waals surface area contributed by atoms with Crippen LogP contribution in [0.15, 0.2) is 18.2 Å². The molecule has 2 rings (SSSR count). The summed E-state index contributed by atoms with van der Waals surface area (Å²) in [6.07, 6.45) is 1.63. The Hall–Kier alpha value is -2.24. The van der Waals surface area contributed by atoms with Crippen molar-refractivity contribution in [3.8, 4) is 5.88 Å². The lowest BCUT2D eigenvalue weighted by Gasteiger charge is -2.24. The van der Waals surface area contributed by atoms with Crippen LogP contribution in [-0.4, -0.2) is 41.3 Å². The molecule has 0 radical (unpaired) electrons. The van der Waals surface area contributed by atoms with Crippen molar-refractivity contribution in [2.75, 3.05) is 25.9 Å². The van der Waals surface area contributed by atoms with E-state index in [9.17, 15) is 4.79 Å². The second kappa shape index (κ2) is 4.95. The first-order valence-electron chi connectivity index (χ1n) is 5.59. The Morgan fingerprint density at radius 1 is 1.56 bits per heavy atom. The number of carbonyl (C=O) groups is 1. The van der Waals surface area contributed by atoms with E-state index < -0.39 is 6.09 Å². The molecule has 1 aliphatic rings. The SMILES string of the molecule is COc1nc(N)ccc1C1=CCN(C(=O)O)CC1. The van der Waals surface area contributed by atoms with Gasteiger partial charge in [0.15, 0.2) is 0 Å². The highest BCUT2D eigenvalue weighted by molar-refractivity contribution is 5.73. The lowest BCUT2D eigenvalue weighted by atomic mass is 10.0. The molecule has 0 aliphatic carbocycles. The normalized spacial score (nSPS) is 15.2. The van der Waals surface area contributed by atoms with Gasteiger partial charge < -0.3 is 20.5 Å². The summed E-state index contributed by atoms with van der Waals surface area (Å²) in [5.74, 6) is 0.879. The summed E-state index contributed by atoms with van der Waals surface area (Å²) in [5, 5.41) is 8.88. The van der Waals surface area contributed by atoms with Crippen molar-refractivity contribution < 1.29 is 14.6 Å². The third-order valence-electron chi connectivity index (χ3n) is 2.90. The third-order valence-corrected chi connectivity index (χ3v) is 2.90. The van der Waals surface area contributed by atoms with Gasteiger partial charge in [-0.05, 0) is 24.1 Å². The average Bonchev–Trinajstić information content (AvgIpc) is 2.38. The van der Waals surface area contributed by atoms with Gasteiger partial charge >= 0.3 is 6.09 Å². The fraction of sp³-hybridized carbons (Fsp3) is 0.333. The molecule has 0 spiro atoms. The summed E-state index contributed by atoms with van der Waals surface area (Å²) in [5.41, 5.74) is 7.51. The molecule has 2 heterocycles. The molecule has 0 bridgehead atoms. The number of carboxylic acid groups (broad SMARTS) is 1. The van der Waals surface area contributed by atoms with E-state index in [1.807, 2.05) is 12.1 Å². The Balaban J connectivity index is 2.25. The quantitative estimate of drug-likeness (QED) is 0.827. The van der Waals surface area contributed by atoms with Crippen molar-refractivity contribution in [2.24, 2.45) is 0 Å². The van der Waals surface area contributed by atoms with Gasteiger partial charge in [-0.3, -0.25) is 0 Å². The molecule has 3 N–H and O–H groups in total. The Kier molecular flexibility index (Phi) is 3.36. The number of amides is 1. The smallest absolute Gasteiger partial charge is 0.407 e. The molecule has 0 aromatic carbocycles. The second-order valence-corrected chi connectivity index (χ2v) is 4.00. The molecule has 0 unspecified atom stereocenters. The Labute approximate surface area is 105 Å². The number of rotatable bonds is 2. The predicted octanol–water partition coefficient (Wildman–Crippen LogP) is 1.44. The van der Waals surface area contributed by atoms with Crippen LogP contribution in [0, 0.1) is 0 Å². The summed E-state index contributed by atoms with van der Waals surface area (Å²) >= 11 is 0. The first kappa shape index (κ1) is 12.2. The number of hydrogen-bond donors (Lipinski definition) is 2. The summed E-state index contributed by atoms with van der Waals surface area (Å²) in [7, 11) is 1.54. The summed E-state index contributed by atoms with van der Waals surface area (Å²) < 4.78 is 5.19. The van der Waals surface area contributed by atoms with Crippen LogP contribution in [0.1, 0.15) is 12.0 Å². The van der Waals surface area contributed by atoms with Crippen LogP contribution in [0.2, 0.25) is 0 Å². The van der Waals surface area contributed by atoms with E-state index in [1.165, 1.54) is 12.0 Å². The number of nitrogen functional groups attached to an aromatic ring is 1. The van der Waals surface area contributed by atoms with Crippen LogP contribution in [-0.2, 0) is 0 Å². The maximum absolute atomic E-state index is 10.8. The molecule has 6 nitrogen and oxygen atoms in total. The summed E-state index contributed by atoms with van der Waals surface area (Å²) in [4.78, 5) is 16.3. The molecule has 0 atom stereocenters. The molecule has 1 aromatic rings. The van der Waals surface area contributed by atoms with Crippen LogP contribution in [0.25, 0.3) is 5.57 Å². The molecule has 1 amide bonds. The fourth-order valence-electron chi connectivity index (χ4n) is 1.94. The van der Waals surface area contributed by atoms with Crippen molar-refractivity contribution >= 4 is 17.5 Å². The second-order valence-electron chi connectivity index (χ2n) is 4.00. The van der Waals surface area contributed by atoms with E-state index in [2.05, 4.69) is 4.98 Å². The molecular weight excluding hydrogens is 234 g/mol. The standard InChI is InChI=1S/C12H15N3O3/c1-18-11-9(2-3-10(13)14-11)8-4-6-15(7-5-8)12(16)17/h2-4H,5-7H2,1H3,(H2,13,14)(H,16,17). The largest absolute Gasteiger partial charge is 0.481 e. The van der Waals surface area contributed by atoms with Crippen LogP contribution >= 0.6 is 0 Å². The average molecular weight is 249 g/mol. The molecule has 0 fully saturated rings. The van der Waals surface area contributed by atoms with Crippen molar-refractivity contribution in [1.82, 2.24) is 9.88 Å². The van der Waals surface area contributed by atoms with Crippen LogP contribution in [0.3, 0.4) is 0 Å². The molecule has 1 aliphatic heterocycles. The molecule has 1 aromatic heterocycles. The highest BCUT2D eigenvalue weighted by atomic mass is 16.5. The zero-order chi connectivity index (χ0) is 13.1. The maximum Gasteiger partial charge on any atom is 0.407 e. The Morgan fingerprint density at radius 3 is 2.89 bits per heavy atom. The van der Waals surface area contributed by atoms with Crippen LogP contribution in [0.5, 0.6) is 5.88 Å². The van der Waals surface area contributed by atoms with Crippen molar-refractivity contribution in [1.29, 1.82) is 0 Å².